The Morgan fingerprint density at radius 2 is 2.08 bits per heavy atom. The van der Waals surface area contributed by atoms with E-state index in [0.29, 0.717) is 12.5 Å². The van der Waals surface area contributed by atoms with Crippen LogP contribution in [-0.4, -0.2) is 21.7 Å². The van der Waals surface area contributed by atoms with E-state index in [4.69, 9.17) is 0 Å². The lowest BCUT2D eigenvalue weighted by Gasteiger charge is -2.33. The maximum absolute atomic E-state index is 11.8. The Labute approximate surface area is 143 Å². The first-order valence-electron chi connectivity index (χ1n) is 8.67. The number of hydrogen-bond donors (Lipinski definition) is 2. The van der Waals surface area contributed by atoms with Crippen LogP contribution in [0.25, 0.3) is 0 Å². The number of carbonyl (C=O) groups excluding carboxylic acids is 1. The molecule has 2 heterocycles. The Morgan fingerprint density at radius 1 is 1.33 bits per heavy atom. The van der Waals surface area contributed by atoms with E-state index >= 15 is 0 Å². The van der Waals surface area contributed by atoms with Gasteiger partial charge in [0.05, 0.1) is 11.7 Å². The molecule has 3 rings (SSSR count). The minimum atomic E-state index is 0.0212. The first-order chi connectivity index (χ1) is 11.5. The van der Waals surface area contributed by atoms with E-state index in [1.807, 2.05) is 29.8 Å². The molecule has 1 aliphatic heterocycles. The highest BCUT2D eigenvalue weighted by Gasteiger charge is 2.29. The normalized spacial score (nSPS) is 21.1. The fourth-order valence-electron chi connectivity index (χ4n) is 3.19. The summed E-state index contributed by atoms with van der Waals surface area (Å²) in [4.78, 5) is 11.8. The summed E-state index contributed by atoms with van der Waals surface area (Å²) < 4.78 is 2.00. The Kier molecular flexibility index (Phi) is 5.00. The molecule has 0 spiro atoms. The van der Waals surface area contributed by atoms with Crippen molar-refractivity contribution in [3.63, 3.8) is 0 Å². The van der Waals surface area contributed by atoms with Crippen LogP contribution in [0.4, 0.5) is 0 Å². The molecule has 0 bridgehead atoms. The molecule has 1 aromatic heterocycles. The van der Waals surface area contributed by atoms with Crippen LogP contribution >= 0.6 is 0 Å². The van der Waals surface area contributed by atoms with Gasteiger partial charge in [0.2, 0.25) is 5.91 Å². The van der Waals surface area contributed by atoms with E-state index in [1.165, 1.54) is 5.56 Å². The minimum Gasteiger partial charge on any atom is -0.348 e. The third-order valence-electron chi connectivity index (χ3n) is 4.66. The van der Waals surface area contributed by atoms with Crippen LogP contribution in [0.1, 0.15) is 55.6 Å². The third kappa shape index (κ3) is 3.67. The zero-order valence-electron chi connectivity index (χ0n) is 14.6. The van der Waals surface area contributed by atoms with Gasteiger partial charge in [-0.2, -0.15) is 5.10 Å². The average molecular weight is 326 g/mol. The lowest BCUT2D eigenvalue weighted by molar-refractivity contribution is -0.123. The number of hydrogen-bond acceptors (Lipinski definition) is 3. The first-order valence-corrected chi connectivity index (χ1v) is 8.67. The lowest BCUT2D eigenvalue weighted by atomic mass is 9.92. The van der Waals surface area contributed by atoms with Crippen LogP contribution in [-0.2, 0) is 11.3 Å². The van der Waals surface area contributed by atoms with Gasteiger partial charge in [-0.1, -0.05) is 30.3 Å². The van der Waals surface area contributed by atoms with Crippen LogP contribution in [0.5, 0.6) is 0 Å². The van der Waals surface area contributed by atoms with Gasteiger partial charge in [0, 0.05) is 36.8 Å². The third-order valence-corrected chi connectivity index (χ3v) is 4.66. The molecule has 0 saturated carbocycles. The summed E-state index contributed by atoms with van der Waals surface area (Å²) in [5.74, 6) is 0.130. The number of benzene rings is 1. The molecule has 2 aromatic rings. The number of nitrogens with zero attached hydrogens (tertiary/aromatic N) is 2. The van der Waals surface area contributed by atoms with Crippen molar-refractivity contribution in [1.29, 1.82) is 0 Å². The molecule has 0 unspecified atom stereocenters. The van der Waals surface area contributed by atoms with Gasteiger partial charge in [0.25, 0.3) is 0 Å². The summed E-state index contributed by atoms with van der Waals surface area (Å²) in [5, 5.41) is 11.3. The Hall–Kier alpha value is -2.14. The molecule has 24 heavy (non-hydrogen) atoms. The van der Waals surface area contributed by atoms with E-state index in [-0.39, 0.29) is 18.0 Å². The predicted molar refractivity (Wildman–Crippen MR) is 94.5 cm³/mol. The summed E-state index contributed by atoms with van der Waals surface area (Å²) in [6.45, 7) is 7.08. The highest BCUT2D eigenvalue weighted by Crippen LogP contribution is 2.24. The maximum Gasteiger partial charge on any atom is 0.220 e. The van der Waals surface area contributed by atoms with Gasteiger partial charge in [-0.3, -0.25) is 9.48 Å². The summed E-state index contributed by atoms with van der Waals surface area (Å²) in [6.07, 6.45) is 3.54. The van der Waals surface area contributed by atoms with E-state index in [0.717, 1.165) is 24.2 Å². The van der Waals surface area contributed by atoms with Crippen molar-refractivity contribution in [1.82, 2.24) is 20.4 Å². The number of piperidine rings is 1. The van der Waals surface area contributed by atoms with Gasteiger partial charge in [-0.25, -0.2) is 0 Å². The number of rotatable bonds is 5. The molecule has 1 amide bonds. The van der Waals surface area contributed by atoms with Gasteiger partial charge < -0.3 is 10.6 Å². The molecule has 1 saturated heterocycles. The summed E-state index contributed by atoms with van der Waals surface area (Å²) in [7, 11) is 0. The summed E-state index contributed by atoms with van der Waals surface area (Å²) >= 11 is 0. The van der Waals surface area contributed by atoms with Crippen molar-refractivity contribution < 1.29 is 4.79 Å². The molecule has 5 heteroatoms. The van der Waals surface area contributed by atoms with Gasteiger partial charge in [0.1, 0.15) is 0 Å². The van der Waals surface area contributed by atoms with E-state index in [2.05, 4.69) is 47.9 Å². The number of carbonyl (C=O) groups is 1. The predicted octanol–water partition coefficient (Wildman–Crippen LogP) is 2.88. The van der Waals surface area contributed by atoms with Crippen LogP contribution < -0.4 is 10.6 Å². The van der Waals surface area contributed by atoms with Crippen molar-refractivity contribution in [2.75, 3.05) is 0 Å². The van der Waals surface area contributed by atoms with E-state index in [9.17, 15) is 4.79 Å². The molecular formula is C19H26N4O. The highest BCUT2D eigenvalue weighted by atomic mass is 16.1. The van der Waals surface area contributed by atoms with Crippen molar-refractivity contribution in [3.8, 4) is 0 Å². The highest BCUT2D eigenvalue weighted by molar-refractivity contribution is 5.77. The Balaban J connectivity index is 1.71. The standard InChI is InChI=1S/C19H26N4O/c1-13(2)23-12-16(14(3)22-23)11-20-17-9-10-18(24)21-19(17)15-7-5-4-6-8-15/h4-8,12-13,17,19-20H,9-11H2,1-3H3,(H,21,24)/t17-,19+/m1/s1. The molecule has 0 radical (unpaired) electrons. The number of nitrogens with one attached hydrogen (secondary N) is 2. The molecule has 1 aromatic carbocycles. The minimum absolute atomic E-state index is 0.0212. The van der Waals surface area contributed by atoms with E-state index in [1.54, 1.807) is 0 Å². The second-order valence-electron chi connectivity index (χ2n) is 6.80. The summed E-state index contributed by atoms with van der Waals surface area (Å²) in [5.41, 5.74) is 3.43. The Bertz CT molecular complexity index is 693. The molecule has 128 valence electrons. The zero-order chi connectivity index (χ0) is 17.1. The molecule has 5 nitrogen and oxygen atoms in total. The van der Waals surface area contributed by atoms with Crippen molar-refractivity contribution in [2.24, 2.45) is 0 Å². The molecule has 2 N–H and O–H groups in total. The van der Waals surface area contributed by atoms with E-state index < -0.39 is 0 Å². The van der Waals surface area contributed by atoms with Crippen molar-refractivity contribution in [3.05, 3.63) is 53.3 Å². The Morgan fingerprint density at radius 3 is 2.75 bits per heavy atom. The fourth-order valence-corrected chi connectivity index (χ4v) is 3.19. The maximum atomic E-state index is 11.8. The van der Waals surface area contributed by atoms with Crippen LogP contribution in [0, 0.1) is 6.92 Å². The van der Waals surface area contributed by atoms with Crippen molar-refractivity contribution >= 4 is 5.91 Å². The first kappa shape index (κ1) is 16.7. The fraction of sp³-hybridized carbons (Fsp3) is 0.474. The molecule has 0 aliphatic carbocycles. The molecular weight excluding hydrogens is 300 g/mol. The second-order valence-corrected chi connectivity index (χ2v) is 6.80. The largest absolute Gasteiger partial charge is 0.348 e. The monoisotopic (exact) mass is 326 g/mol. The van der Waals surface area contributed by atoms with Crippen molar-refractivity contribution in [2.45, 2.75) is 58.3 Å². The lowest BCUT2D eigenvalue weighted by Crippen LogP contribution is -2.48. The molecule has 1 fully saturated rings. The molecule has 2 atom stereocenters. The van der Waals surface area contributed by atoms with Gasteiger partial charge in [-0.05, 0) is 32.8 Å². The van der Waals surface area contributed by atoms with Gasteiger partial charge in [-0.15, -0.1) is 0 Å². The topological polar surface area (TPSA) is 59.0 Å². The van der Waals surface area contributed by atoms with Gasteiger partial charge in [0.15, 0.2) is 0 Å². The quantitative estimate of drug-likeness (QED) is 0.888. The average Bonchev–Trinajstić information content (AvgIpc) is 2.96. The number of amides is 1. The number of aryl methyl sites for hydroxylation is 1. The summed E-state index contributed by atoms with van der Waals surface area (Å²) in [6, 6.07) is 10.8. The van der Waals surface area contributed by atoms with Crippen LogP contribution in [0.3, 0.4) is 0 Å². The second kappa shape index (κ2) is 7.18. The zero-order valence-corrected chi connectivity index (χ0v) is 14.6. The van der Waals surface area contributed by atoms with Crippen LogP contribution in [0.2, 0.25) is 0 Å². The molecule has 1 aliphatic rings. The van der Waals surface area contributed by atoms with Gasteiger partial charge >= 0.3 is 0 Å². The SMILES string of the molecule is Cc1nn(C(C)C)cc1CN[C@@H]1CCC(=O)N[C@H]1c1ccccc1. The smallest absolute Gasteiger partial charge is 0.220 e. The number of aromatic nitrogens is 2. The van der Waals surface area contributed by atoms with Crippen LogP contribution in [0.15, 0.2) is 36.5 Å².